The summed E-state index contributed by atoms with van der Waals surface area (Å²) in [4.78, 5) is 11.6. The van der Waals surface area contributed by atoms with Crippen LogP contribution in [0.4, 0.5) is 0 Å². The molecule has 3 unspecified atom stereocenters. The highest BCUT2D eigenvalue weighted by atomic mass is 32.7. The fraction of sp³-hybridized carbons (Fsp3) is 0.923. The first-order valence-corrected chi connectivity index (χ1v) is 10.4. The van der Waals surface area contributed by atoms with Crippen molar-refractivity contribution < 1.29 is 28.5 Å². The van der Waals surface area contributed by atoms with Gasteiger partial charge in [-0.3, -0.25) is 9.36 Å². The van der Waals surface area contributed by atoms with Crippen molar-refractivity contribution in [2.45, 2.75) is 52.7 Å². The van der Waals surface area contributed by atoms with Crippen LogP contribution >= 0.6 is 18.0 Å². The Labute approximate surface area is 130 Å². The van der Waals surface area contributed by atoms with Gasteiger partial charge in [0.2, 0.25) is 0 Å². The lowest BCUT2D eigenvalue weighted by Crippen LogP contribution is -2.22. The first-order chi connectivity index (χ1) is 9.66. The summed E-state index contributed by atoms with van der Waals surface area (Å²) in [5, 5.41) is 9.25. The number of hydrogen-bond acceptors (Lipinski definition) is 7. The van der Waals surface area contributed by atoms with E-state index in [0.717, 1.165) is 24.2 Å². The summed E-state index contributed by atoms with van der Waals surface area (Å²) in [6.45, 7) is 4.11. The van der Waals surface area contributed by atoms with Gasteiger partial charge in [-0.05, 0) is 51.9 Å². The fourth-order valence-electron chi connectivity index (χ4n) is 1.70. The smallest absolute Gasteiger partial charge is 0.312 e. The van der Waals surface area contributed by atoms with Gasteiger partial charge in [0, 0.05) is 0 Å². The summed E-state index contributed by atoms with van der Waals surface area (Å²) >= 11 is 0.837. The highest BCUT2D eigenvalue weighted by molar-refractivity contribution is 8.56. The molecule has 1 N–H and O–H groups in total. The molecule has 0 spiro atoms. The molecule has 1 aliphatic rings. The third kappa shape index (κ3) is 6.70. The molecule has 0 radical (unpaired) electrons. The van der Waals surface area contributed by atoms with E-state index in [1.165, 1.54) is 0 Å². The Balaban J connectivity index is 2.34. The van der Waals surface area contributed by atoms with Gasteiger partial charge in [-0.25, -0.2) is 0 Å². The van der Waals surface area contributed by atoms with Crippen LogP contribution in [0.5, 0.6) is 0 Å². The molecule has 1 saturated heterocycles. The first kappa shape index (κ1) is 19.0. The van der Waals surface area contributed by atoms with Crippen LogP contribution in [0.1, 0.15) is 40.5 Å². The van der Waals surface area contributed by atoms with Crippen molar-refractivity contribution in [1.82, 2.24) is 0 Å². The van der Waals surface area contributed by atoms with Crippen molar-refractivity contribution in [2.24, 2.45) is 5.41 Å². The van der Waals surface area contributed by atoms with E-state index in [2.05, 4.69) is 0 Å². The van der Waals surface area contributed by atoms with E-state index in [0.29, 0.717) is 0 Å². The molecule has 3 atom stereocenters. The van der Waals surface area contributed by atoms with Gasteiger partial charge in [0.15, 0.2) is 0 Å². The Morgan fingerprint density at radius 3 is 2.57 bits per heavy atom. The number of carbonyl (C=O) groups is 1. The van der Waals surface area contributed by atoms with Crippen molar-refractivity contribution in [2.75, 3.05) is 18.9 Å². The van der Waals surface area contributed by atoms with E-state index in [1.54, 1.807) is 20.8 Å². The van der Waals surface area contributed by atoms with Crippen molar-refractivity contribution in [3.8, 4) is 0 Å². The number of aliphatic hydroxyl groups excluding tert-OH is 1. The molecule has 124 valence electrons. The number of carbonyl (C=O) groups excluding carboxylic acids is 1. The summed E-state index contributed by atoms with van der Waals surface area (Å²) in [6, 6.07) is 0. The number of esters is 1. The lowest BCUT2D eigenvalue weighted by molar-refractivity contribution is -0.150. The molecule has 0 aromatic heterocycles. The monoisotopic (exact) mass is 340 g/mol. The second-order valence-corrected chi connectivity index (χ2v) is 10.8. The maximum Gasteiger partial charge on any atom is 0.312 e. The zero-order chi connectivity index (χ0) is 16.1. The Bertz CT molecular complexity index is 395. The number of hydrogen-bond donors (Lipinski definition) is 1. The standard InChI is InChI=1S/C13H25O6PS/c1-10-5-6-11(19-10)7-18-20(16,8-14)21-9-17-12(15)13(2,3)4/h10-11,14H,5-9H2,1-4H3. The van der Waals surface area contributed by atoms with Crippen LogP contribution in [0.15, 0.2) is 0 Å². The lowest BCUT2D eigenvalue weighted by atomic mass is 9.98. The Morgan fingerprint density at radius 1 is 1.43 bits per heavy atom. The van der Waals surface area contributed by atoms with E-state index in [-0.39, 0.29) is 30.7 Å². The molecule has 21 heavy (non-hydrogen) atoms. The highest BCUT2D eigenvalue weighted by Crippen LogP contribution is 2.59. The zero-order valence-corrected chi connectivity index (χ0v) is 14.7. The summed E-state index contributed by atoms with van der Waals surface area (Å²) in [5.74, 6) is -0.483. The molecule has 1 heterocycles. The summed E-state index contributed by atoms with van der Waals surface area (Å²) in [6.07, 6.45) is 1.32. The van der Waals surface area contributed by atoms with Gasteiger partial charge in [-0.1, -0.05) is 0 Å². The Morgan fingerprint density at radius 2 is 2.10 bits per heavy atom. The van der Waals surface area contributed by atoms with E-state index >= 15 is 0 Å². The molecule has 0 aromatic carbocycles. The minimum Gasteiger partial charge on any atom is -0.454 e. The lowest BCUT2D eigenvalue weighted by Gasteiger charge is -2.20. The van der Waals surface area contributed by atoms with E-state index in [4.69, 9.17) is 14.0 Å². The minimum absolute atomic E-state index is 0.0856. The summed E-state index contributed by atoms with van der Waals surface area (Å²) in [7, 11) is 0. The Kier molecular flexibility index (Phi) is 7.20. The minimum atomic E-state index is -3.27. The van der Waals surface area contributed by atoms with Crippen molar-refractivity contribution >= 4 is 23.9 Å². The zero-order valence-electron chi connectivity index (χ0n) is 13.0. The maximum atomic E-state index is 12.3. The third-order valence-electron chi connectivity index (χ3n) is 3.00. The molecule has 6 nitrogen and oxygen atoms in total. The largest absolute Gasteiger partial charge is 0.454 e. The fourth-order valence-corrected chi connectivity index (χ4v) is 3.94. The van der Waals surface area contributed by atoms with Crippen molar-refractivity contribution in [1.29, 1.82) is 0 Å². The van der Waals surface area contributed by atoms with E-state index in [9.17, 15) is 14.5 Å². The van der Waals surface area contributed by atoms with Crippen LogP contribution < -0.4 is 0 Å². The molecular weight excluding hydrogens is 315 g/mol. The van der Waals surface area contributed by atoms with Crippen LogP contribution in [-0.2, 0) is 23.4 Å². The average molecular weight is 340 g/mol. The predicted octanol–water partition coefficient (Wildman–Crippen LogP) is 2.99. The van der Waals surface area contributed by atoms with Crippen LogP contribution in [0.25, 0.3) is 0 Å². The third-order valence-corrected chi connectivity index (χ3v) is 6.67. The van der Waals surface area contributed by atoms with Gasteiger partial charge < -0.3 is 19.1 Å². The van der Waals surface area contributed by atoms with Crippen molar-refractivity contribution in [3.05, 3.63) is 0 Å². The van der Waals surface area contributed by atoms with Crippen molar-refractivity contribution in [3.63, 3.8) is 0 Å². The molecular formula is C13H25O6PS. The van der Waals surface area contributed by atoms with E-state index < -0.39 is 18.3 Å². The molecule has 1 fully saturated rings. The Hall–Kier alpha value is -0.0700. The molecule has 0 bridgehead atoms. The second kappa shape index (κ2) is 7.97. The number of aliphatic hydroxyl groups is 1. The highest BCUT2D eigenvalue weighted by Gasteiger charge is 2.30. The molecule has 1 aliphatic heterocycles. The van der Waals surface area contributed by atoms with Gasteiger partial charge >= 0.3 is 5.97 Å². The normalized spacial score (nSPS) is 25.6. The molecule has 1 rings (SSSR count). The quantitative estimate of drug-likeness (QED) is 0.433. The summed E-state index contributed by atoms with van der Waals surface area (Å²) in [5.41, 5.74) is -0.613. The van der Waals surface area contributed by atoms with Crippen LogP contribution in [-0.4, -0.2) is 42.2 Å². The first-order valence-electron chi connectivity index (χ1n) is 6.98. The van der Waals surface area contributed by atoms with Gasteiger partial charge in [-0.15, -0.1) is 0 Å². The van der Waals surface area contributed by atoms with Gasteiger partial charge in [0.05, 0.1) is 24.2 Å². The molecule has 0 amide bonds. The number of ether oxygens (including phenoxy) is 2. The maximum absolute atomic E-state index is 12.3. The van der Waals surface area contributed by atoms with Gasteiger partial charge in [0.1, 0.15) is 12.3 Å². The topological polar surface area (TPSA) is 82.1 Å². The molecule has 0 saturated carbocycles. The summed E-state index contributed by atoms with van der Waals surface area (Å²) < 4.78 is 28.2. The van der Waals surface area contributed by atoms with Gasteiger partial charge in [0.25, 0.3) is 6.57 Å². The predicted molar refractivity (Wildman–Crippen MR) is 82.2 cm³/mol. The SMILES string of the molecule is CC1CCC(COP(=O)(CO)SCOC(=O)C(C)(C)C)O1. The van der Waals surface area contributed by atoms with Crippen LogP contribution in [0.3, 0.4) is 0 Å². The van der Waals surface area contributed by atoms with Gasteiger partial charge in [-0.2, -0.15) is 0 Å². The van der Waals surface area contributed by atoms with Crippen LogP contribution in [0.2, 0.25) is 0 Å². The molecule has 8 heteroatoms. The van der Waals surface area contributed by atoms with E-state index in [1.807, 2.05) is 6.92 Å². The average Bonchev–Trinajstić information content (AvgIpc) is 2.81. The molecule has 0 aromatic rings. The number of rotatable bonds is 7. The van der Waals surface area contributed by atoms with Crippen LogP contribution in [0, 0.1) is 5.41 Å². The molecule has 0 aliphatic carbocycles. The second-order valence-electron chi connectivity index (χ2n) is 6.12.